The van der Waals surface area contributed by atoms with Crippen LogP contribution >= 0.6 is 0 Å². The first-order chi connectivity index (χ1) is 33.2. The number of furan rings is 1. The largest absolute Gasteiger partial charge is 0.456 e. The number of hydrogen-bond acceptors (Lipinski definition) is 2. The molecule has 0 spiro atoms. The van der Waals surface area contributed by atoms with Gasteiger partial charge in [-0.1, -0.05) is 164 Å². The molecule has 2 aromatic heterocycles. The van der Waals surface area contributed by atoms with Gasteiger partial charge in [0.25, 0.3) is 0 Å². The number of rotatable bonds is 6. The van der Waals surface area contributed by atoms with Crippen molar-refractivity contribution in [3.05, 3.63) is 243 Å². The highest BCUT2D eigenvalue weighted by Gasteiger charge is 2.19. The second kappa shape index (κ2) is 14.8. The number of fused-ring (bicyclic) bond motifs is 13. The molecule has 14 aromatic rings. The molecule has 67 heavy (non-hydrogen) atoms. The van der Waals surface area contributed by atoms with Crippen LogP contribution in [-0.2, 0) is 0 Å². The molecule has 14 rings (SSSR count). The van der Waals surface area contributed by atoms with Gasteiger partial charge in [-0.2, -0.15) is 0 Å². The molecule has 12 aromatic carbocycles. The van der Waals surface area contributed by atoms with Gasteiger partial charge in [-0.05, 0) is 139 Å². The first kappa shape index (κ1) is 37.5. The highest BCUT2D eigenvalue weighted by molar-refractivity contribution is 6.25. The van der Waals surface area contributed by atoms with E-state index in [2.05, 4.69) is 240 Å². The monoisotopic (exact) mass is 852 g/mol. The second-order valence-electron chi connectivity index (χ2n) is 17.6. The Morgan fingerprint density at radius 2 is 0.746 bits per heavy atom. The molecule has 0 aliphatic heterocycles. The van der Waals surface area contributed by atoms with E-state index in [1.807, 2.05) is 12.1 Å². The molecule has 3 nitrogen and oxygen atoms in total. The van der Waals surface area contributed by atoms with E-state index in [9.17, 15) is 0 Å². The molecule has 0 saturated carbocycles. The van der Waals surface area contributed by atoms with E-state index in [0.717, 1.165) is 44.6 Å². The number of benzene rings is 12. The Morgan fingerprint density at radius 3 is 1.45 bits per heavy atom. The van der Waals surface area contributed by atoms with Crippen molar-refractivity contribution in [1.82, 2.24) is 4.57 Å². The van der Waals surface area contributed by atoms with Gasteiger partial charge in [0.15, 0.2) is 0 Å². The Morgan fingerprint density at radius 1 is 0.269 bits per heavy atom. The lowest BCUT2D eigenvalue weighted by molar-refractivity contribution is 0.669. The molecule has 312 valence electrons. The second-order valence-corrected chi connectivity index (χ2v) is 17.6. The van der Waals surface area contributed by atoms with Gasteiger partial charge in [-0.3, -0.25) is 0 Å². The predicted molar refractivity (Wildman–Crippen MR) is 284 cm³/mol. The summed E-state index contributed by atoms with van der Waals surface area (Å²) in [6.45, 7) is 0. The van der Waals surface area contributed by atoms with E-state index in [-0.39, 0.29) is 0 Å². The van der Waals surface area contributed by atoms with Crippen molar-refractivity contribution in [3.63, 3.8) is 0 Å². The van der Waals surface area contributed by atoms with E-state index < -0.39 is 0 Å². The zero-order valence-electron chi connectivity index (χ0n) is 36.4. The highest BCUT2D eigenvalue weighted by Crippen LogP contribution is 2.43. The van der Waals surface area contributed by atoms with Crippen molar-refractivity contribution in [2.24, 2.45) is 0 Å². The van der Waals surface area contributed by atoms with Crippen molar-refractivity contribution in [2.45, 2.75) is 0 Å². The first-order valence-corrected chi connectivity index (χ1v) is 23.0. The lowest BCUT2D eigenvalue weighted by Crippen LogP contribution is -2.09. The van der Waals surface area contributed by atoms with Gasteiger partial charge in [-0.15, -0.1) is 0 Å². The molecule has 0 aliphatic rings. The summed E-state index contributed by atoms with van der Waals surface area (Å²) in [5, 5.41) is 14.8. The van der Waals surface area contributed by atoms with Crippen LogP contribution in [0.1, 0.15) is 0 Å². The van der Waals surface area contributed by atoms with E-state index >= 15 is 0 Å². The standard InChI is InChI=1S/C64H40N2O/c1-2-14-49-43(12-1)13-11-22-60(49)66-61-21-9-7-19-55(61)58-39-45(29-36-62(58)66)42-26-32-47(33-27-42)65(48-34-37-64-59(40-48)56-20-8-10-23-63(56)67-64)46-30-24-41(25-31-46)44-28-35-54-52-17-4-3-15-50(52)51-16-5-6-18-53(51)57(54)38-44/h1-40H. The van der Waals surface area contributed by atoms with Gasteiger partial charge in [-0.25, -0.2) is 0 Å². The summed E-state index contributed by atoms with van der Waals surface area (Å²) in [5.74, 6) is 0. The van der Waals surface area contributed by atoms with Crippen LogP contribution in [0, 0.1) is 0 Å². The summed E-state index contributed by atoms with van der Waals surface area (Å²) in [5.41, 5.74) is 13.3. The lowest BCUT2D eigenvalue weighted by atomic mass is 9.92. The third kappa shape index (κ3) is 5.92. The molecule has 0 saturated heterocycles. The Hall–Kier alpha value is -8.92. The highest BCUT2D eigenvalue weighted by atomic mass is 16.3. The minimum absolute atomic E-state index is 0.879. The van der Waals surface area contributed by atoms with Crippen molar-refractivity contribution < 1.29 is 4.42 Å². The van der Waals surface area contributed by atoms with Gasteiger partial charge >= 0.3 is 0 Å². The molecule has 0 fully saturated rings. The Balaban J connectivity index is 0.872. The van der Waals surface area contributed by atoms with Gasteiger partial charge in [0.2, 0.25) is 0 Å². The Labute approximate surface area is 386 Å². The van der Waals surface area contributed by atoms with E-state index in [1.54, 1.807) is 0 Å². The molecule has 0 aliphatic carbocycles. The Kier molecular flexibility index (Phi) is 8.28. The molecule has 2 heterocycles. The number of para-hydroxylation sites is 2. The van der Waals surface area contributed by atoms with Crippen LogP contribution in [0.2, 0.25) is 0 Å². The lowest BCUT2D eigenvalue weighted by Gasteiger charge is -2.26. The van der Waals surface area contributed by atoms with Crippen LogP contribution in [0.15, 0.2) is 247 Å². The quantitative estimate of drug-likeness (QED) is 0.155. The SMILES string of the molecule is c1ccc2c(-n3c4ccccc4c4cc(-c5ccc(N(c6ccc(-c7ccc8c9ccccc9c9ccccc9c8c7)cc6)c6ccc7oc8ccccc8c7c6)cc5)ccc43)cccc2c1. The number of aromatic nitrogens is 1. The van der Waals surface area contributed by atoms with E-state index in [4.69, 9.17) is 4.42 Å². The summed E-state index contributed by atoms with van der Waals surface area (Å²) in [6.07, 6.45) is 0. The maximum atomic E-state index is 6.29. The molecule has 0 bridgehead atoms. The minimum Gasteiger partial charge on any atom is -0.456 e. The van der Waals surface area contributed by atoms with Crippen LogP contribution < -0.4 is 4.90 Å². The fourth-order valence-electron chi connectivity index (χ4n) is 10.8. The van der Waals surface area contributed by atoms with Crippen molar-refractivity contribution >= 4 is 104 Å². The van der Waals surface area contributed by atoms with E-state index in [1.165, 1.54) is 87.3 Å². The van der Waals surface area contributed by atoms with E-state index in [0.29, 0.717) is 0 Å². The van der Waals surface area contributed by atoms with Crippen LogP contribution in [-0.4, -0.2) is 4.57 Å². The third-order valence-electron chi connectivity index (χ3n) is 14.0. The van der Waals surface area contributed by atoms with Gasteiger partial charge < -0.3 is 13.9 Å². The normalized spacial score (nSPS) is 11.9. The van der Waals surface area contributed by atoms with Crippen LogP contribution in [0.5, 0.6) is 0 Å². The molecular weight excluding hydrogens is 813 g/mol. The first-order valence-electron chi connectivity index (χ1n) is 23.0. The van der Waals surface area contributed by atoms with Gasteiger partial charge in [0, 0.05) is 44.0 Å². The average Bonchev–Trinajstić information content (AvgIpc) is 3.94. The predicted octanol–water partition coefficient (Wildman–Crippen LogP) is 18.1. The number of nitrogens with zero attached hydrogens (tertiary/aromatic N) is 2. The fourth-order valence-corrected chi connectivity index (χ4v) is 10.8. The van der Waals surface area contributed by atoms with Crippen molar-refractivity contribution in [3.8, 4) is 27.9 Å². The molecule has 0 amide bonds. The molecule has 0 N–H and O–H groups in total. The van der Waals surface area contributed by atoms with Crippen LogP contribution in [0.4, 0.5) is 17.1 Å². The molecular formula is C64H40N2O. The zero-order chi connectivity index (χ0) is 44.0. The molecule has 0 atom stereocenters. The van der Waals surface area contributed by atoms with Gasteiger partial charge in [0.05, 0.1) is 16.7 Å². The smallest absolute Gasteiger partial charge is 0.135 e. The number of hydrogen-bond donors (Lipinski definition) is 0. The summed E-state index contributed by atoms with van der Waals surface area (Å²) in [4.78, 5) is 2.36. The molecule has 3 heteroatoms. The summed E-state index contributed by atoms with van der Waals surface area (Å²) in [6, 6.07) is 88.3. The molecule has 0 radical (unpaired) electrons. The van der Waals surface area contributed by atoms with Crippen LogP contribution in [0.3, 0.4) is 0 Å². The summed E-state index contributed by atoms with van der Waals surface area (Å²) >= 11 is 0. The summed E-state index contributed by atoms with van der Waals surface area (Å²) in [7, 11) is 0. The van der Waals surface area contributed by atoms with Crippen molar-refractivity contribution in [2.75, 3.05) is 4.90 Å². The fraction of sp³-hybridized carbons (Fsp3) is 0. The topological polar surface area (TPSA) is 21.3 Å². The Bertz CT molecular complexity index is 4230. The van der Waals surface area contributed by atoms with Crippen molar-refractivity contribution in [1.29, 1.82) is 0 Å². The minimum atomic E-state index is 0.879. The summed E-state index contributed by atoms with van der Waals surface area (Å²) < 4.78 is 8.72. The zero-order valence-corrected chi connectivity index (χ0v) is 36.4. The maximum absolute atomic E-state index is 6.29. The molecule has 0 unspecified atom stereocenters. The number of anilines is 3. The van der Waals surface area contributed by atoms with Gasteiger partial charge in [0.1, 0.15) is 11.2 Å². The van der Waals surface area contributed by atoms with Crippen LogP contribution in [0.25, 0.3) is 115 Å². The maximum Gasteiger partial charge on any atom is 0.135 e. The average molecular weight is 853 g/mol. The third-order valence-corrected chi connectivity index (χ3v) is 14.0.